The van der Waals surface area contributed by atoms with E-state index in [1.54, 1.807) is 0 Å². The number of hydrogen-bond acceptors (Lipinski definition) is 4. The molecule has 0 radical (unpaired) electrons. The normalized spacial score (nSPS) is 14.2. The number of imidazole rings is 1. The van der Waals surface area contributed by atoms with Crippen LogP contribution < -0.4 is 5.32 Å². The van der Waals surface area contributed by atoms with Crippen LogP contribution in [0.3, 0.4) is 0 Å². The first-order valence-corrected chi connectivity index (χ1v) is 10.2. The summed E-state index contributed by atoms with van der Waals surface area (Å²) in [4.78, 5) is 17.4. The Balaban J connectivity index is 1.48. The largest absolute Gasteiger partial charge is 0.347 e. The van der Waals surface area contributed by atoms with Gasteiger partial charge in [-0.15, -0.1) is 10.2 Å². The van der Waals surface area contributed by atoms with E-state index in [2.05, 4.69) is 33.9 Å². The highest BCUT2D eigenvalue weighted by Crippen LogP contribution is 2.18. The van der Waals surface area contributed by atoms with Crippen LogP contribution in [-0.2, 0) is 37.3 Å². The van der Waals surface area contributed by atoms with E-state index in [1.807, 2.05) is 28.8 Å². The molecule has 0 aliphatic carbocycles. The summed E-state index contributed by atoms with van der Waals surface area (Å²) in [5.41, 5.74) is 1.94. The predicted molar refractivity (Wildman–Crippen MR) is 108 cm³/mol. The van der Waals surface area contributed by atoms with Gasteiger partial charge in [0.1, 0.15) is 18.2 Å². The summed E-state index contributed by atoms with van der Waals surface area (Å²) >= 11 is 0. The zero-order valence-electron chi connectivity index (χ0n) is 16.7. The van der Waals surface area contributed by atoms with Gasteiger partial charge in [-0.05, 0) is 30.9 Å². The zero-order valence-corrected chi connectivity index (χ0v) is 16.7. The fraction of sp³-hybridized carbons (Fsp3) is 0.524. The van der Waals surface area contributed by atoms with Crippen molar-refractivity contribution in [3.8, 4) is 0 Å². The van der Waals surface area contributed by atoms with Gasteiger partial charge in [0.15, 0.2) is 5.82 Å². The maximum Gasteiger partial charge on any atom is 0.240 e. The molecule has 148 valence electrons. The first-order valence-electron chi connectivity index (χ1n) is 10.2. The van der Waals surface area contributed by atoms with E-state index in [4.69, 9.17) is 4.98 Å². The van der Waals surface area contributed by atoms with Gasteiger partial charge >= 0.3 is 0 Å². The molecule has 1 aliphatic heterocycles. The fourth-order valence-corrected chi connectivity index (χ4v) is 3.88. The van der Waals surface area contributed by atoms with Crippen LogP contribution in [0.2, 0.25) is 0 Å². The van der Waals surface area contributed by atoms with Gasteiger partial charge in [0, 0.05) is 19.4 Å². The van der Waals surface area contributed by atoms with Gasteiger partial charge < -0.3 is 14.5 Å². The number of aromatic nitrogens is 5. The van der Waals surface area contributed by atoms with Crippen molar-refractivity contribution < 1.29 is 4.79 Å². The summed E-state index contributed by atoms with van der Waals surface area (Å²) in [6.45, 7) is 5.96. The maximum absolute atomic E-state index is 12.7. The van der Waals surface area contributed by atoms with Crippen molar-refractivity contribution >= 4 is 16.9 Å². The average Bonchev–Trinajstić information content (AvgIpc) is 3.11. The summed E-state index contributed by atoms with van der Waals surface area (Å²) in [5, 5.41) is 11.6. The van der Waals surface area contributed by atoms with E-state index in [0.717, 1.165) is 60.7 Å². The number of nitrogens with zero attached hydrogens (tertiary/aromatic N) is 5. The third kappa shape index (κ3) is 3.93. The second-order valence-corrected chi connectivity index (χ2v) is 7.97. The zero-order chi connectivity index (χ0) is 19.5. The minimum absolute atomic E-state index is 0.0286. The van der Waals surface area contributed by atoms with Gasteiger partial charge in [-0.3, -0.25) is 4.79 Å². The number of para-hydroxylation sites is 2. The molecule has 4 rings (SSSR count). The second kappa shape index (κ2) is 8.12. The van der Waals surface area contributed by atoms with Crippen molar-refractivity contribution in [1.82, 2.24) is 29.6 Å². The van der Waals surface area contributed by atoms with Crippen LogP contribution >= 0.6 is 0 Å². The molecule has 0 fully saturated rings. The quantitative estimate of drug-likeness (QED) is 0.713. The Hall–Kier alpha value is -2.70. The number of rotatable bonds is 6. The van der Waals surface area contributed by atoms with E-state index in [0.29, 0.717) is 12.5 Å². The summed E-state index contributed by atoms with van der Waals surface area (Å²) in [5.74, 6) is 3.30. The van der Waals surface area contributed by atoms with Crippen LogP contribution in [0.5, 0.6) is 0 Å². The molecule has 3 heterocycles. The first-order chi connectivity index (χ1) is 13.6. The monoisotopic (exact) mass is 380 g/mol. The fourth-order valence-electron chi connectivity index (χ4n) is 3.88. The number of hydrogen-bond donors (Lipinski definition) is 1. The average molecular weight is 380 g/mol. The van der Waals surface area contributed by atoms with Crippen LogP contribution in [0.15, 0.2) is 24.3 Å². The van der Waals surface area contributed by atoms with Crippen molar-refractivity contribution in [2.45, 2.75) is 65.6 Å². The molecule has 1 aromatic carbocycles. The topological polar surface area (TPSA) is 77.6 Å². The number of aryl methyl sites for hydroxylation is 1. The number of fused-ring (bicyclic) bond motifs is 2. The molecule has 3 aromatic rings. The van der Waals surface area contributed by atoms with E-state index in [1.165, 1.54) is 6.42 Å². The molecular formula is C21H28N6O. The van der Waals surface area contributed by atoms with Gasteiger partial charge in [-0.1, -0.05) is 32.4 Å². The number of carbonyl (C=O) groups excluding carboxylic acids is 1. The molecule has 28 heavy (non-hydrogen) atoms. The van der Waals surface area contributed by atoms with Gasteiger partial charge in [0.05, 0.1) is 17.6 Å². The van der Waals surface area contributed by atoms with E-state index < -0.39 is 0 Å². The first kappa shape index (κ1) is 18.7. The Morgan fingerprint density at radius 2 is 2.00 bits per heavy atom. The molecular weight excluding hydrogens is 352 g/mol. The number of amides is 1. The summed E-state index contributed by atoms with van der Waals surface area (Å²) < 4.78 is 4.21. The molecule has 0 atom stereocenters. The van der Waals surface area contributed by atoms with Crippen molar-refractivity contribution in [1.29, 1.82) is 0 Å². The highest BCUT2D eigenvalue weighted by atomic mass is 16.1. The van der Waals surface area contributed by atoms with Crippen molar-refractivity contribution in [2.24, 2.45) is 5.92 Å². The highest BCUT2D eigenvalue weighted by molar-refractivity contribution is 5.81. The lowest BCUT2D eigenvalue weighted by Gasteiger charge is -2.12. The van der Waals surface area contributed by atoms with Crippen LogP contribution in [0, 0.1) is 5.92 Å². The summed E-state index contributed by atoms with van der Waals surface area (Å²) in [7, 11) is 0. The van der Waals surface area contributed by atoms with Gasteiger partial charge in [-0.2, -0.15) is 0 Å². The molecule has 1 amide bonds. The number of benzene rings is 1. The molecule has 2 aromatic heterocycles. The third-order valence-corrected chi connectivity index (χ3v) is 5.26. The van der Waals surface area contributed by atoms with Crippen molar-refractivity contribution in [2.75, 3.05) is 0 Å². The standard InChI is InChI=1S/C21H28N6O/c1-15(2)12-19-23-16-8-5-6-9-17(16)27(19)14-21(28)22-13-20-25-24-18-10-4-3-7-11-26(18)20/h5-6,8-9,15H,3-4,7,10-14H2,1-2H3,(H,22,28). The maximum atomic E-state index is 12.7. The molecule has 0 spiro atoms. The summed E-state index contributed by atoms with van der Waals surface area (Å²) in [6.07, 6.45) is 5.35. The predicted octanol–water partition coefficient (Wildman–Crippen LogP) is 2.87. The SMILES string of the molecule is CC(C)Cc1nc2ccccc2n1CC(=O)NCc1nnc2n1CCCCC2. The Labute approximate surface area is 165 Å². The third-order valence-electron chi connectivity index (χ3n) is 5.26. The van der Waals surface area contributed by atoms with Crippen LogP contribution in [-0.4, -0.2) is 30.2 Å². The van der Waals surface area contributed by atoms with Gasteiger partial charge in [0.2, 0.25) is 5.91 Å². The van der Waals surface area contributed by atoms with Crippen molar-refractivity contribution in [3.05, 3.63) is 41.7 Å². The Morgan fingerprint density at radius 3 is 2.86 bits per heavy atom. The second-order valence-electron chi connectivity index (χ2n) is 7.97. The molecule has 1 N–H and O–H groups in total. The van der Waals surface area contributed by atoms with Crippen LogP contribution in [0.4, 0.5) is 0 Å². The molecule has 1 aliphatic rings. The Bertz CT molecular complexity index is 971. The Morgan fingerprint density at radius 1 is 1.14 bits per heavy atom. The van der Waals surface area contributed by atoms with E-state index in [-0.39, 0.29) is 12.5 Å². The Kier molecular flexibility index (Phi) is 5.41. The number of carbonyl (C=O) groups is 1. The minimum atomic E-state index is -0.0286. The van der Waals surface area contributed by atoms with Crippen LogP contribution in [0.1, 0.15) is 50.6 Å². The molecule has 7 heteroatoms. The smallest absolute Gasteiger partial charge is 0.240 e. The van der Waals surface area contributed by atoms with Crippen LogP contribution in [0.25, 0.3) is 11.0 Å². The van der Waals surface area contributed by atoms with Crippen molar-refractivity contribution in [3.63, 3.8) is 0 Å². The molecule has 0 saturated carbocycles. The van der Waals surface area contributed by atoms with Gasteiger partial charge in [0.25, 0.3) is 0 Å². The molecule has 7 nitrogen and oxygen atoms in total. The minimum Gasteiger partial charge on any atom is -0.347 e. The van der Waals surface area contributed by atoms with E-state index >= 15 is 0 Å². The number of nitrogens with one attached hydrogen (secondary N) is 1. The lowest BCUT2D eigenvalue weighted by atomic mass is 10.1. The van der Waals surface area contributed by atoms with Gasteiger partial charge in [-0.25, -0.2) is 4.98 Å². The lowest BCUT2D eigenvalue weighted by Crippen LogP contribution is -2.29. The lowest BCUT2D eigenvalue weighted by molar-refractivity contribution is -0.121. The van der Waals surface area contributed by atoms with E-state index in [9.17, 15) is 4.79 Å². The molecule has 0 bridgehead atoms. The highest BCUT2D eigenvalue weighted by Gasteiger charge is 2.17. The molecule has 0 unspecified atom stereocenters. The molecule has 0 saturated heterocycles. The summed E-state index contributed by atoms with van der Waals surface area (Å²) in [6, 6.07) is 8.00.